The molecule has 0 aliphatic rings. The Hall–Kier alpha value is -3.96. The average molecular weight is 458 g/mol. The van der Waals surface area contributed by atoms with Crippen LogP contribution in [0.1, 0.15) is 23.1 Å². The van der Waals surface area contributed by atoms with Gasteiger partial charge in [0.1, 0.15) is 29.0 Å². The van der Waals surface area contributed by atoms with E-state index in [4.69, 9.17) is 4.74 Å². The molecule has 0 bridgehead atoms. The van der Waals surface area contributed by atoms with Crippen LogP contribution in [0.4, 0.5) is 5.13 Å². The zero-order valence-corrected chi connectivity index (χ0v) is 19.2. The van der Waals surface area contributed by atoms with Gasteiger partial charge in [0.2, 0.25) is 5.13 Å². The van der Waals surface area contributed by atoms with E-state index in [1.807, 2.05) is 74.6 Å². The lowest BCUT2D eigenvalue weighted by Gasteiger charge is -2.10. The van der Waals surface area contributed by atoms with Gasteiger partial charge in [-0.25, -0.2) is 0 Å². The molecule has 0 spiro atoms. The fourth-order valence-corrected chi connectivity index (χ4v) is 4.14. The summed E-state index contributed by atoms with van der Waals surface area (Å²) in [6.45, 7) is 5.10. The lowest BCUT2D eigenvalue weighted by molar-refractivity contribution is -0.112. The van der Waals surface area contributed by atoms with Gasteiger partial charge in [0.05, 0.1) is 6.54 Å². The molecule has 33 heavy (non-hydrogen) atoms. The monoisotopic (exact) mass is 457 g/mol. The number of anilines is 1. The zero-order valence-electron chi connectivity index (χ0n) is 18.4. The second kappa shape index (κ2) is 10.1. The summed E-state index contributed by atoms with van der Waals surface area (Å²) in [7, 11) is 0. The Kier molecular flexibility index (Phi) is 6.81. The molecule has 2 aromatic heterocycles. The second-order valence-electron chi connectivity index (χ2n) is 7.39. The first-order valence-corrected chi connectivity index (χ1v) is 11.4. The van der Waals surface area contributed by atoms with Gasteiger partial charge < -0.3 is 9.30 Å². The molecule has 0 aliphatic carbocycles. The van der Waals surface area contributed by atoms with Gasteiger partial charge >= 0.3 is 0 Å². The standard InChI is InChI=1S/C25H23N5O2S/c1-3-23-28-29-25(33-23)27-24(31)18(15-26)14-19-16-30(21-10-6-5-9-20(19)21)12-13-32-22-11-7-4-8-17(22)2/h4-11,14,16H,3,12-13H2,1-2H3,(H,27,29,31)/b18-14-. The maximum Gasteiger partial charge on any atom is 0.268 e. The van der Waals surface area contributed by atoms with Gasteiger partial charge in [-0.3, -0.25) is 10.1 Å². The molecule has 1 N–H and O–H groups in total. The van der Waals surface area contributed by atoms with Crippen LogP contribution >= 0.6 is 11.3 Å². The van der Waals surface area contributed by atoms with Crippen molar-refractivity contribution in [2.45, 2.75) is 26.8 Å². The molecular formula is C25H23N5O2S. The molecule has 166 valence electrons. The SMILES string of the molecule is CCc1nnc(NC(=O)/C(C#N)=C\c2cn(CCOc3ccccc3C)c3ccccc23)s1. The molecule has 7 nitrogen and oxygen atoms in total. The van der Waals surface area contributed by atoms with E-state index in [9.17, 15) is 10.1 Å². The summed E-state index contributed by atoms with van der Waals surface area (Å²) in [5.41, 5.74) is 2.89. The third kappa shape index (κ3) is 5.10. The minimum atomic E-state index is -0.504. The van der Waals surface area contributed by atoms with E-state index >= 15 is 0 Å². The summed E-state index contributed by atoms with van der Waals surface area (Å²) < 4.78 is 8.03. The minimum absolute atomic E-state index is 0.00214. The van der Waals surface area contributed by atoms with Crippen LogP contribution < -0.4 is 10.1 Å². The number of rotatable bonds is 8. The molecule has 0 atom stereocenters. The third-order valence-corrected chi connectivity index (χ3v) is 6.14. The van der Waals surface area contributed by atoms with Crippen LogP contribution in [0.2, 0.25) is 0 Å². The van der Waals surface area contributed by atoms with Crippen molar-refractivity contribution in [3.63, 3.8) is 0 Å². The average Bonchev–Trinajstić information content (AvgIpc) is 3.43. The van der Waals surface area contributed by atoms with Crippen molar-refractivity contribution >= 4 is 39.4 Å². The topological polar surface area (TPSA) is 92.8 Å². The maximum absolute atomic E-state index is 12.7. The molecule has 0 radical (unpaired) electrons. The van der Waals surface area contributed by atoms with Crippen LogP contribution in [0.15, 0.2) is 60.3 Å². The normalized spacial score (nSPS) is 11.4. The van der Waals surface area contributed by atoms with E-state index in [1.54, 1.807) is 6.08 Å². The molecule has 2 aromatic carbocycles. The Labute approximate surface area is 196 Å². The minimum Gasteiger partial charge on any atom is -0.491 e. The fraction of sp³-hybridized carbons (Fsp3) is 0.200. The lowest BCUT2D eigenvalue weighted by Crippen LogP contribution is -2.13. The number of nitriles is 1. The predicted octanol–water partition coefficient (Wildman–Crippen LogP) is 4.99. The van der Waals surface area contributed by atoms with E-state index in [0.717, 1.165) is 39.2 Å². The van der Waals surface area contributed by atoms with Crippen molar-refractivity contribution in [3.05, 3.63) is 76.4 Å². The van der Waals surface area contributed by atoms with Crippen molar-refractivity contribution in [2.24, 2.45) is 0 Å². The molecule has 4 aromatic rings. The van der Waals surface area contributed by atoms with Gasteiger partial charge in [0, 0.05) is 22.7 Å². The first-order valence-electron chi connectivity index (χ1n) is 10.6. The number of carbonyl (C=O) groups is 1. The van der Waals surface area contributed by atoms with Gasteiger partial charge in [-0.2, -0.15) is 5.26 Å². The summed E-state index contributed by atoms with van der Waals surface area (Å²) in [6, 6.07) is 17.8. The lowest BCUT2D eigenvalue weighted by atomic mass is 10.1. The number of para-hydroxylation sites is 2. The van der Waals surface area contributed by atoms with Crippen LogP contribution in [0.5, 0.6) is 5.75 Å². The first-order chi connectivity index (χ1) is 16.1. The number of nitrogens with one attached hydrogen (secondary N) is 1. The smallest absolute Gasteiger partial charge is 0.268 e. The van der Waals surface area contributed by atoms with Gasteiger partial charge in [0.15, 0.2) is 0 Å². The Bertz CT molecular complexity index is 1360. The van der Waals surface area contributed by atoms with Gasteiger partial charge in [-0.1, -0.05) is 54.7 Å². The van der Waals surface area contributed by atoms with Crippen molar-refractivity contribution in [1.82, 2.24) is 14.8 Å². The summed E-state index contributed by atoms with van der Waals surface area (Å²) >= 11 is 1.30. The molecular weight excluding hydrogens is 434 g/mol. The highest BCUT2D eigenvalue weighted by Crippen LogP contribution is 2.25. The Morgan fingerprint density at radius 3 is 2.76 bits per heavy atom. The van der Waals surface area contributed by atoms with E-state index in [1.165, 1.54) is 11.3 Å². The van der Waals surface area contributed by atoms with Crippen LogP contribution in [0.25, 0.3) is 17.0 Å². The Morgan fingerprint density at radius 2 is 2.00 bits per heavy atom. The molecule has 1 amide bonds. The van der Waals surface area contributed by atoms with Crippen LogP contribution in [-0.2, 0) is 17.8 Å². The Morgan fingerprint density at radius 1 is 1.21 bits per heavy atom. The van der Waals surface area contributed by atoms with E-state index in [2.05, 4.69) is 20.1 Å². The highest BCUT2D eigenvalue weighted by atomic mass is 32.1. The molecule has 0 fully saturated rings. The quantitative estimate of drug-likeness (QED) is 0.297. The van der Waals surface area contributed by atoms with Crippen LogP contribution in [0.3, 0.4) is 0 Å². The maximum atomic E-state index is 12.7. The van der Waals surface area contributed by atoms with Gasteiger partial charge in [0.25, 0.3) is 5.91 Å². The molecule has 0 aliphatic heterocycles. The molecule has 4 rings (SSSR count). The van der Waals surface area contributed by atoms with Crippen molar-refractivity contribution in [1.29, 1.82) is 5.26 Å². The number of fused-ring (bicyclic) bond motifs is 1. The summed E-state index contributed by atoms with van der Waals surface area (Å²) in [4.78, 5) is 12.7. The summed E-state index contributed by atoms with van der Waals surface area (Å²) in [5, 5.41) is 22.4. The molecule has 0 saturated heterocycles. The number of hydrogen-bond acceptors (Lipinski definition) is 6. The molecule has 2 heterocycles. The van der Waals surface area contributed by atoms with Gasteiger partial charge in [-0.05, 0) is 37.1 Å². The van der Waals surface area contributed by atoms with Crippen molar-refractivity contribution < 1.29 is 9.53 Å². The van der Waals surface area contributed by atoms with E-state index in [0.29, 0.717) is 18.3 Å². The van der Waals surface area contributed by atoms with Crippen molar-refractivity contribution in [3.8, 4) is 11.8 Å². The number of benzene rings is 2. The van der Waals surface area contributed by atoms with Crippen LogP contribution in [-0.4, -0.2) is 27.3 Å². The summed E-state index contributed by atoms with van der Waals surface area (Å²) in [6.07, 6.45) is 4.29. The Balaban J connectivity index is 1.55. The number of ether oxygens (including phenoxy) is 1. The van der Waals surface area contributed by atoms with Crippen molar-refractivity contribution in [2.75, 3.05) is 11.9 Å². The molecule has 8 heteroatoms. The number of amides is 1. The number of carbonyl (C=O) groups excluding carboxylic acids is 1. The number of aromatic nitrogens is 3. The largest absolute Gasteiger partial charge is 0.491 e. The number of aryl methyl sites for hydroxylation is 2. The molecule has 0 unspecified atom stereocenters. The molecule has 0 saturated carbocycles. The first kappa shape index (κ1) is 22.2. The summed E-state index contributed by atoms with van der Waals surface area (Å²) in [5.74, 6) is 0.358. The van der Waals surface area contributed by atoms with E-state index in [-0.39, 0.29) is 5.57 Å². The van der Waals surface area contributed by atoms with E-state index < -0.39 is 5.91 Å². The number of hydrogen-bond donors (Lipinski definition) is 1. The third-order valence-electron chi connectivity index (χ3n) is 5.16. The highest BCUT2D eigenvalue weighted by molar-refractivity contribution is 7.15. The highest BCUT2D eigenvalue weighted by Gasteiger charge is 2.15. The van der Waals surface area contributed by atoms with Gasteiger partial charge in [-0.15, -0.1) is 10.2 Å². The fourth-order valence-electron chi connectivity index (χ4n) is 3.46. The second-order valence-corrected chi connectivity index (χ2v) is 8.45. The zero-order chi connectivity index (χ0) is 23.2. The van der Waals surface area contributed by atoms with Crippen LogP contribution in [0, 0.1) is 18.3 Å². The number of nitrogens with zero attached hydrogens (tertiary/aromatic N) is 4. The predicted molar refractivity (Wildman–Crippen MR) is 130 cm³/mol.